The molecule has 0 spiro atoms. The normalized spacial score (nSPS) is 12.2. The number of hydrogen-bond donors (Lipinski definition) is 2. The Morgan fingerprint density at radius 2 is 2.06 bits per heavy atom. The summed E-state index contributed by atoms with van der Waals surface area (Å²) in [6, 6.07) is 3.52. The van der Waals surface area contributed by atoms with Crippen molar-refractivity contribution in [2.24, 2.45) is 0 Å². The van der Waals surface area contributed by atoms with Crippen molar-refractivity contribution in [3.8, 4) is 0 Å². The average Bonchev–Trinajstić information content (AvgIpc) is 2.65. The van der Waals surface area contributed by atoms with Crippen LogP contribution >= 0.6 is 11.3 Å². The van der Waals surface area contributed by atoms with E-state index in [1.807, 2.05) is 13.0 Å². The molecule has 0 fully saturated rings. The standard InChI is InChI=1S/C10H19N3O2S2/c1-4-11-8-7-9-5-6-10(16-9)17(14,15)12-13(2)3/h5-6,11-12H,4,7-8H2,1-3H3. The predicted molar refractivity (Wildman–Crippen MR) is 70.6 cm³/mol. The highest BCUT2D eigenvalue weighted by molar-refractivity contribution is 7.91. The van der Waals surface area contributed by atoms with Gasteiger partial charge >= 0.3 is 0 Å². The predicted octanol–water partition coefficient (Wildman–Crippen LogP) is 0.655. The molecule has 0 aliphatic carbocycles. The number of hydrogen-bond acceptors (Lipinski definition) is 5. The molecule has 0 saturated carbocycles. The third kappa shape index (κ3) is 4.72. The lowest BCUT2D eigenvalue weighted by atomic mass is 10.3. The molecule has 7 heteroatoms. The molecule has 0 aliphatic heterocycles. The topological polar surface area (TPSA) is 61.4 Å². The highest BCUT2D eigenvalue weighted by Gasteiger charge is 2.17. The fraction of sp³-hybridized carbons (Fsp3) is 0.600. The van der Waals surface area contributed by atoms with Crippen LogP contribution in [0, 0.1) is 0 Å². The van der Waals surface area contributed by atoms with Crippen LogP contribution in [-0.2, 0) is 16.4 Å². The van der Waals surface area contributed by atoms with E-state index >= 15 is 0 Å². The monoisotopic (exact) mass is 277 g/mol. The highest BCUT2D eigenvalue weighted by Crippen LogP contribution is 2.21. The average molecular weight is 277 g/mol. The van der Waals surface area contributed by atoms with Gasteiger partial charge in [-0.05, 0) is 31.6 Å². The quantitative estimate of drug-likeness (QED) is 0.568. The van der Waals surface area contributed by atoms with Crippen molar-refractivity contribution in [1.29, 1.82) is 0 Å². The molecule has 1 heterocycles. The van der Waals surface area contributed by atoms with Crippen LogP contribution in [0.1, 0.15) is 11.8 Å². The van der Waals surface area contributed by atoms with E-state index in [4.69, 9.17) is 0 Å². The summed E-state index contributed by atoms with van der Waals surface area (Å²) < 4.78 is 24.0. The van der Waals surface area contributed by atoms with E-state index in [1.54, 1.807) is 20.2 Å². The molecule has 1 rings (SSSR count). The summed E-state index contributed by atoms with van der Waals surface area (Å²) in [7, 11) is -0.0952. The second kappa shape index (κ2) is 6.46. The van der Waals surface area contributed by atoms with Gasteiger partial charge in [0.05, 0.1) is 0 Å². The first-order valence-corrected chi connectivity index (χ1v) is 7.75. The number of rotatable bonds is 7. The summed E-state index contributed by atoms with van der Waals surface area (Å²) in [5.41, 5.74) is 0. The maximum Gasteiger partial charge on any atom is 0.262 e. The van der Waals surface area contributed by atoms with E-state index in [0.29, 0.717) is 4.21 Å². The van der Waals surface area contributed by atoms with Crippen molar-refractivity contribution >= 4 is 21.4 Å². The van der Waals surface area contributed by atoms with Gasteiger partial charge in [0.2, 0.25) is 0 Å². The Hall–Kier alpha value is -0.470. The third-order valence-electron chi connectivity index (χ3n) is 2.00. The second-order valence-corrected chi connectivity index (χ2v) is 6.87. The molecule has 0 saturated heterocycles. The Morgan fingerprint density at radius 1 is 1.35 bits per heavy atom. The van der Waals surface area contributed by atoms with Gasteiger partial charge in [0, 0.05) is 19.0 Å². The largest absolute Gasteiger partial charge is 0.317 e. The van der Waals surface area contributed by atoms with Crippen molar-refractivity contribution in [3.05, 3.63) is 17.0 Å². The lowest BCUT2D eigenvalue weighted by molar-refractivity contribution is 0.364. The summed E-state index contributed by atoms with van der Waals surface area (Å²) in [6.45, 7) is 3.85. The summed E-state index contributed by atoms with van der Waals surface area (Å²) >= 11 is 1.32. The van der Waals surface area contributed by atoms with Crippen molar-refractivity contribution in [1.82, 2.24) is 15.2 Å². The molecule has 1 aromatic rings. The van der Waals surface area contributed by atoms with Crippen LogP contribution in [0.5, 0.6) is 0 Å². The zero-order valence-corrected chi connectivity index (χ0v) is 12.0. The molecular weight excluding hydrogens is 258 g/mol. The lowest BCUT2D eigenvalue weighted by Gasteiger charge is -2.10. The highest BCUT2D eigenvalue weighted by atomic mass is 32.2. The first kappa shape index (κ1) is 14.6. The van der Waals surface area contributed by atoms with E-state index in [-0.39, 0.29) is 0 Å². The minimum Gasteiger partial charge on any atom is -0.317 e. The first-order valence-electron chi connectivity index (χ1n) is 5.45. The summed E-state index contributed by atoms with van der Waals surface area (Å²) in [5, 5.41) is 4.63. The van der Waals surface area contributed by atoms with Gasteiger partial charge in [-0.15, -0.1) is 16.2 Å². The molecule has 17 heavy (non-hydrogen) atoms. The van der Waals surface area contributed by atoms with Crippen LogP contribution in [0.25, 0.3) is 0 Å². The Balaban J connectivity index is 2.67. The van der Waals surface area contributed by atoms with Crippen LogP contribution in [0.4, 0.5) is 0 Å². The molecule has 0 aromatic carbocycles. The van der Waals surface area contributed by atoms with Crippen molar-refractivity contribution in [2.75, 3.05) is 27.2 Å². The molecule has 0 radical (unpaired) electrons. The molecule has 0 unspecified atom stereocenters. The smallest absolute Gasteiger partial charge is 0.262 e. The molecule has 5 nitrogen and oxygen atoms in total. The van der Waals surface area contributed by atoms with Crippen LogP contribution in [0.2, 0.25) is 0 Å². The molecule has 0 bridgehead atoms. The van der Waals surface area contributed by atoms with Crippen molar-refractivity contribution in [2.45, 2.75) is 17.6 Å². The summed E-state index contributed by atoms with van der Waals surface area (Å²) in [5.74, 6) is 0. The van der Waals surface area contributed by atoms with E-state index in [9.17, 15) is 8.42 Å². The van der Waals surface area contributed by atoms with Crippen LogP contribution < -0.4 is 10.1 Å². The van der Waals surface area contributed by atoms with Gasteiger partial charge in [-0.2, -0.15) is 0 Å². The fourth-order valence-electron chi connectivity index (χ4n) is 1.31. The zero-order chi connectivity index (χ0) is 12.9. The van der Waals surface area contributed by atoms with Crippen molar-refractivity contribution < 1.29 is 8.42 Å². The number of sulfonamides is 1. The van der Waals surface area contributed by atoms with Gasteiger partial charge in [-0.3, -0.25) is 0 Å². The number of likely N-dealkylation sites (N-methyl/N-ethyl adjacent to an activating group) is 1. The Kier molecular flexibility index (Phi) is 5.54. The van der Waals surface area contributed by atoms with Gasteiger partial charge in [0.25, 0.3) is 10.0 Å². The van der Waals surface area contributed by atoms with Gasteiger partial charge < -0.3 is 5.32 Å². The first-order chi connectivity index (χ1) is 7.95. The SMILES string of the molecule is CCNCCc1ccc(S(=O)(=O)NN(C)C)s1. The van der Waals surface area contributed by atoms with Crippen LogP contribution in [0.15, 0.2) is 16.3 Å². The van der Waals surface area contributed by atoms with E-state index in [0.717, 1.165) is 24.4 Å². The van der Waals surface area contributed by atoms with Crippen molar-refractivity contribution in [3.63, 3.8) is 0 Å². The van der Waals surface area contributed by atoms with Gasteiger partial charge in [0.15, 0.2) is 0 Å². The maximum absolute atomic E-state index is 11.8. The minimum absolute atomic E-state index is 0.359. The van der Waals surface area contributed by atoms with E-state index < -0.39 is 10.0 Å². The van der Waals surface area contributed by atoms with Gasteiger partial charge in [-0.1, -0.05) is 6.92 Å². The fourth-order valence-corrected chi connectivity index (χ4v) is 3.74. The minimum atomic E-state index is -3.40. The van der Waals surface area contributed by atoms with Crippen LogP contribution in [0.3, 0.4) is 0 Å². The molecule has 0 aliphatic rings. The molecule has 0 atom stereocenters. The zero-order valence-electron chi connectivity index (χ0n) is 10.4. The van der Waals surface area contributed by atoms with Gasteiger partial charge in [-0.25, -0.2) is 13.4 Å². The third-order valence-corrected chi connectivity index (χ3v) is 5.12. The van der Waals surface area contributed by atoms with E-state index in [1.165, 1.54) is 16.3 Å². The Bertz CT molecular complexity index is 440. The molecular formula is C10H19N3O2S2. The molecule has 2 N–H and O–H groups in total. The van der Waals surface area contributed by atoms with E-state index in [2.05, 4.69) is 10.1 Å². The number of nitrogens with one attached hydrogen (secondary N) is 2. The summed E-state index contributed by atoms with van der Waals surface area (Å²) in [4.78, 5) is 3.49. The maximum atomic E-state index is 11.8. The molecule has 98 valence electrons. The number of nitrogens with zero attached hydrogens (tertiary/aromatic N) is 1. The summed E-state index contributed by atoms with van der Waals surface area (Å²) in [6.07, 6.45) is 0.857. The molecule has 0 amide bonds. The Morgan fingerprint density at radius 3 is 2.65 bits per heavy atom. The lowest BCUT2D eigenvalue weighted by Crippen LogP contribution is -2.35. The number of thiophene rings is 1. The van der Waals surface area contributed by atoms with Crippen LogP contribution in [-0.4, -0.2) is 40.6 Å². The number of hydrazine groups is 1. The van der Waals surface area contributed by atoms with Gasteiger partial charge in [0.1, 0.15) is 4.21 Å². The second-order valence-electron chi connectivity index (χ2n) is 3.81. The molecule has 1 aromatic heterocycles. The Labute approximate surface area is 107 Å².